The van der Waals surface area contributed by atoms with E-state index in [0.29, 0.717) is 0 Å². The van der Waals surface area contributed by atoms with E-state index in [0.717, 1.165) is 6.42 Å². The summed E-state index contributed by atoms with van der Waals surface area (Å²) < 4.78 is 59.2. The molecule has 0 spiro atoms. The van der Waals surface area contributed by atoms with E-state index in [1.807, 2.05) is 32.1 Å². The van der Waals surface area contributed by atoms with Gasteiger partial charge in [-0.15, -0.1) is 0 Å². The van der Waals surface area contributed by atoms with Crippen LogP contribution in [0.2, 0.25) is 0 Å². The van der Waals surface area contributed by atoms with Crippen molar-refractivity contribution in [1.29, 1.82) is 0 Å². The van der Waals surface area contributed by atoms with Crippen molar-refractivity contribution in [2.24, 2.45) is 0 Å². The molecule has 5 radical (unpaired) electrons. The molecule has 3 rings (SSSR count). The third kappa shape index (κ3) is 19.3. The molecule has 1 saturated carbocycles. The summed E-state index contributed by atoms with van der Waals surface area (Å²) >= 11 is 0. The molecule has 0 nitrogen and oxygen atoms in total. The summed E-state index contributed by atoms with van der Waals surface area (Å²) in [6.07, 6.45) is 11.0. The SMILES string of the molecule is F[P-](F)(F)(F)(F)F.[CH]1[CH][CH][CH][CH]1.[Fe].c1ccc(Cc2ccccc2)cc1. The Morgan fingerprint density at radius 1 is 0.500 bits per heavy atom. The first-order valence-corrected chi connectivity index (χ1v) is 9.24. The van der Waals surface area contributed by atoms with Crippen LogP contribution in [-0.2, 0) is 23.5 Å². The van der Waals surface area contributed by atoms with Gasteiger partial charge in [-0.3, -0.25) is 0 Å². The summed E-state index contributed by atoms with van der Waals surface area (Å²) in [7, 11) is -10.7. The minimum atomic E-state index is -10.7. The molecule has 145 valence electrons. The minimum Gasteiger partial charge on any atom is -0.0622 e. The Balaban J connectivity index is 0.000000408. The van der Waals surface area contributed by atoms with Crippen molar-refractivity contribution < 1.29 is 42.3 Å². The fraction of sp³-hybridized carbons (Fsp3) is 0.0556. The number of rotatable bonds is 2. The predicted molar refractivity (Wildman–Crippen MR) is 90.8 cm³/mol. The molecule has 0 heterocycles. The van der Waals surface area contributed by atoms with Gasteiger partial charge in [-0.1, -0.05) is 60.7 Å². The van der Waals surface area contributed by atoms with Gasteiger partial charge < -0.3 is 0 Å². The number of halogens is 6. The molecule has 1 aliphatic carbocycles. The molecule has 1 aliphatic rings. The molecule has 26 heavy (non-hydrogen) atoms. The van der Waals surface area contributed by atoms with Crippen molar-refractivity contribution in [3.8, 4) is 0 Å². The standard InChI is InChI=1S/C13H12.C5H5.F6P.Fe/c1-3-7-12(8-4-1)11-13-9-5-2-6-10-13;1-2-4-5-3-1;1-7(2,3,4,5)6;/h1-10H,11H2;1-5H;;/q;;-1;. The van der Waals surface area contributed by atoms with Gasteiger partial charge in [0.15, 0.2) is 0 Å². The summed E-state index contributed by atoms with van der Waals surface area (Å²) in [5.74, 6) is 0. The fourth-order valence-corrected chi connectivity index (χ4v) is 1.75. The van der Waals surface area contributed by atoms with Crippen LogP contribution in [-0.4, -0.2) is 0 Å². The maximum Gasteiger partial charge on any atom is 0 e. The molecule has 2 aromatic rings. The van der Waals surface area contributed by atoms with Crippen LogP contribution in [0.4, 0.5) is 25.2 Å². The van der Waals surface area contributed by atoms with E-state index in [-0.39, 0.29) is 17.1 Å². The van der Waals surface area contributed by atoms with Crippen LogP contribution in [0.15, 0.2) is 60.7 Å². The first-order valence-electron chi connectivity index (χ1n) is 7.21. The Morgan fingerprint density at radius 3 is 0.962 bits per heavy atom. The molecule has 0 amide bonds. The molecule has 2 aromatic carbocycles. The largest absolute Gasteiger partial charge is 0.0622 e. The van der Waals surface area contributed by atoms with E-state index < -0.39 is 7.81 Å². The van der Waals surface area contributed by atoms with Crippen molar-refractivity contribution in [3.63, 3.8) is 0 Å². The maximum absolute atomic E-state index is 10.7. The molecule has 0 aromatic heterocycles. The van der Waals surface area contributed by atoms with Crippen molar-refractivity contribution in [1.82, 2.24) is 0 Å². The Morgan fingerprint density at radius 2 is 0.731 bits per heavy atom. The van der Waals surface area contributed by atoms with E-state index in [1.165, 1.54) is 11.1 Å². The normalized spacial score (nSPS) is 15.8. The average molecular weight is 434 g/mol. The van der Waals surface area contributed by atoms with Crippen molar-refractivity contribution in [3.05, 3.63) is 104 Å². The number of benzene rings is 2. The second kappa shape index (κ2) is 9.77. The minimum absolute atomic E-state index is 0. The first kappa shape index (κ1) is 25.0. The number of hydrogen-bond acceptors (Lipinski definition) is 0. The zero-order chi connectivity index (χ0) is 18.9. The molecule has 0 saturated heterocycles. The van der Waals surface area contributed by atoms with Gasteiger partial charge >= 0.3 is 33.0 Å². The van der Waals surface area contributed by atoms with Gasteiger partial charge in [0.25, 0.3) is 0 Å². The smallest absolute Gasteiger partial charge is 0 e. The Labute approximate surface area is 160 Å². The van der Waals surface area contributed by atoms with Crippen LogP contribution in [0.1, 0.15) is 11.1 Å². The molecule has 0 N–H and O–H groups in total. The predicted octanol–water partition coefficient (Wildman–Crippen LogP) is 7.68. The Kier molecular flexibility index (Phi) is 9.39. The molecule has 1 fully saturated rings. The zero-order valence-corrected chi connectivity index (χ0v) is 15.4. The summed E-state index contributed by atoms with van der Waals surface area (Å²) in [4.78, 5) is 0. The third-order valence-electron chi connectivity index (χ3n) is 2.65. The molecule has 0 aliphatic heterocycles. The monoisotopic (exact) mass is 434 g/mol. The van der Waals surface area contributed by atoms with E-state index in [1.54, 1.807) is 0 Å². The van der Waals surface area contributed by atoms with Crippen molar-refractivity contribution in [2.45, 2.75) is 6.42 Å². The number of hydrogen-bond donors (Lipinski definition) is 0. The summed E-state index contributed by atoms with van der Waals surface area (Å²) in [5, 5.41) is 0. The Hall–Kier alpha value is -1.03. The van der Waals surface area contributed by atoms with Crippen molar-refractivity contribution in [2.75, 3.05) is 0 Å². The van der Waals surface area contributed by atoms with Gasteiger partial charge in [0.2, 0.25) is 0 Å². The second-order valence-corrected chi connectivity index (χ2v) is 6.99. The van der Waals surface area contributed by atoms with E-state index in [9.17, 15) is 25.2 Å². The van der Waals surface area contributed by atoms with E-state index >= 15 is 0 Å². The van der Waals surface area contributed by atoms with Crippen LogP contribution in [0.5, 0.6) is 0 Å². The fourth-order valence-electron chi connectivity index (χ4n) is 1.75. The molecule has 0 unspecified atom stereocenters. The van der Waals surface area contributed by atoms with E-state index in [2.05, 4.69) is 60.7 Å². The first-order chi connectivity index (χ1) is 11.4. The maximum atomic E-state index is 9.87. The van der Waals surface area contributed by atoms with Gasteiger partial charge in [0, 0.05) is 17.1 Å². The zero-order valence-electron chi connectivity index (χ0n) is 13.4. The average Bonchev–Trinajstić information content (AvgIpc) is 3.05. The molecule has 0 bridgehead atoms. The quantitative estimate of drug-likeness (QED) is 0.259. The van der Waals surface area contributed by atoms with Crippen LogP contribution in [0.3, 0.4) is 0 Å². The summed E-state index contributed by atoms with van der Waals surface area (Å²) in [6, 6.07) is 21.1. The summed E-state index contributed by atoms with van der Waals surface area (Å²) in [5.41, 5.74) is 2.74. The van der Waals surface area contributed by atoms with Gasteiger partial charge in [-0.25, -0.2) is 0 Å². The van der Waals surface area contributed by atoms with Gasteiger partial charge in [-0.2, -0.15) is 0 Å². The summed E-state index contributed by atoms with van der Waals surface area (Å²) in [6.45, 7) is 0. The van der Waals surface area contributed by atoms with Crippen LogP contribution >= 0.6 is 7.81 Å². The van der Waals surface area contributed by atoms with Crippen molar-refractivity contribution >= 4 is 7.81 Å². The van der Waals surface area contributed by atoms with Crippen LogP contribution in [0, 0.1) is 32.1 Å². The van der Waals surface area contributed by atoms with Crippen LogP contribution in [0.25, 0.3) is 0 Å². The molecular formula is C18H17F6FeP-. The molecule has 8 heteroatoms. The second-order valence-electron chi connectivity index (χ2n) is 5.07. The third-order valence-corrected chi connectivity index (χ3v) is 2.65. The van der Waals surface area contributed by atoms with Gasteiger partial charge in [-0.05, 0) is 49.7 Å². The van der Waals surface area contributed by atoms with Gasteiger partial charge in [0.05, 0.1) is 0 Å². The Bertz CT molecular complexity index is 554. The van der Waals surface area contributed by atoms with E-state index in [4.69, 9.17) is 0 Å². The molecule has 0 atom stereocenters. The van der Waals surface area contributed by atoms with Gasteiger partial charge in [0.1, 0.15) is 0 Å². The van der Waals surface area contributed by atoms with Crippen LogP contribution < -0.4 is 0 Å². The topological polar surface area (TPSA) is 0 Å². The molecular weight excluding hydrogens is 417 g/mol.